The highest BCUT2D eigenvalue weighted by atomic mass is 35.5. The number of nitrogens with one attached hydrogen (secondary N) is 1. The smallest absolute Gasteiger partial charge is 0.455 e. The third-order valence-electron chi connectivity index (χ3n) is 6.66. The lowest BCUT2D eigenvalue weighted by Crippen LogP contribution is -2.49. The first kappa shape index (κ1) is 33.4. The number of phosphoric acid groups is 1. The van der Waals surface area contributed by atoms with Gasteiger partial charge < -0.3 is 14.2 Å². The summed E-state index contributed by atoms with van der Waals surface area (Å²) >= 11 is 6.10. The predicted molar refractivity (Wildman–Crippen MR) is 152 cm³/mol. The standard InChI is InChI=1S/C26H31ClN5O11P/c1-3-6-20(34)40-22-23(41-21(35)7-4-2)26(30-31-28,42-24(22)32-12-10-19(33)29-25(32)36)15-39-44(37)38-13-11-18(43-44)16-8-5-9-17(27)14-16/h5,8-10,12,14,18,22-24H,3-4,6-7,11,13,15H2,1-2H3,(H,29,33,36)/t18-,22+,23-,24+,26+,44?/m0/s1. The van der Waals surface area contributed by atoms with Gasteiger partial charge in [0.1, 0.15) is 0 Å². The van der Waals surface area contributed by atoms with E-state index in [-0.39, 0.29) is 19.4 Å². The van der Waals surface area contributed by atoms with Crippen molar-refractivity contribution in [2.24, 2.45) is 5.11 Å². The van der Waals surface area contributed by atoms with Crippen LogP contribution >= 0.6 is 19.4 Å². The van der Waals surface area contributed by atoms with Gasteiger partial charge in [-0.3, -0.25) is 37.5 Å². The maximum absolute atomic E-state index is 13.6. The van der Waals surface area contributed by atoms with Crippen molar-refractivity contribution in [3.05, 3.63) is 78.4 Å². The van der Waals surface area contributed by atoms with Crippen LogP contribution in [0, 0.1) is 0 Å². The molecule has 16 nitrogen and oxygen atoms in total. The molecule has 2 aromatic rings. The zero-order valence-electron chi connectivity index (χ0n) is 23.8. The molecule has 2 saturated heterocycles. The maximum atomic E-state index is 13.6. The van der Waals surface area contributed by atoms with Crippen LogP contribution in [0.1, 0.15) is 63.8 Å². The Morgan fingerprint density at radius 2 is 1.93 bits per heavy atom. The molecular weight excluding hydrogens is 625 g/mol. The molecule has 2 aliphatic rings. The number of benzene rings is 1. The Hall–Kier alpha value is -3.49. The molecule has 44 heavy (non-hydrogen) atoms. The Bertz CT molecular complexity index is 1580. The Labute approximate surface area is 255 Å². The van der Waals surface area contributed by atoms with Crippen molar-refractivity contribution in [2.45, 2.75) is 76.2 Å². The zero-order valence-corrected chi connectivity index (χ0v) is 25.5. The van der Waals surface area contributed by atoms with Gasteiger partial charge in [0.2, 0.25) is 5.72 Å². The molecule has 0 spiro atoms. The van der Waals surface area contributed by atoms with Crippen LogP contribution in [-0.2, 0) is 41.9 Å². The minimum Gasteiger partial charge on any atom is -0.455 e. The largest absolute Gasteiger partial charge is 0.475 e. The monoisotopic (exact) mass is 655 g/mol. The summed E-state index contributed by atoms with van der Waals surface area (Å²) in [6.07, 6.45) is -3.59. The van der Waals surface area contributed by atoms with Gasteiger partial charge in [0.25, 0.3) is 5.56 Å². The number of hydrogen-bond acceptors (Lipinski definition) is 12. The lowest BCUT2D eigenvalue weighted by molar-refractivity contribution is -0.173. The van der Waals surface area contributed by atoms with Crippen LogP contribution in [0.15, 0.2) is 51.2 Å². The summed E-state index contributed by atoms with van der Waals surface area (Å²) in [5.74, 6) is -1.52. The SMILES string of the molecule is CCCC(=O)O[C@H]1[C@H](n2ccc(=O)[nH]c2=O)O[C@@](COP2(=O)OCC[C@@H](c3cccc(Cl)c3)O2)(N=[N+]=[N-])[C@H]1OC(=O)CCC. The number of hydrogen-bond donors (Lipinski definition) is 1. The number of phosphoric ester groups is 1. The van der Waals surface area contributed by atoms with Crippen molar-refractivity contribution in [3.8, 4) is 0 Å². The molecule has 1 aromatic carbocycles. The predicted octanol–water partition coefficient (Wildman–Crippen LogP) is 4.45. The van der Waals surface area contributed by atoms with E-state index >= 15 is 0 Å². The van der Waals surface area contributed by atoms with E-state index in [1.807, 2.05) is 0 Å². The molecule has 1 unspecified atom stereocenters. The maximum Gasteiger partial charge on any atom is 0.475 e. The van der Waals surface area contributed by atoms with Crippen LogP contribution in [-0.4, -0.2) is 52.6 Å². The first-order valence-corrected chi connectivity index (χ1v) is 15.6. The topological polar surface area (TPSA) is 210 Å². The van der Waals surface area contributed by atoms with Crippen LogP contribution in [0.4, 0.5) is 0 Å². The molecule has 0 bridgehead atoms. The lowest BCUT2D eigenvalue weighted by atomic mass is 10.0. The molecule has 18 heteroatoms. The molecule has 2 aliphatic heterocycles. The average molecular weight is 656 g/mol. The van der Waals surface area contributed by atoms with E-state index in [2.05, 4.69) is 15.0 Å². The minimum atomic E-state index is -4.38. The number of aromatic amines is 1. The number of nitrogens with zero attached hydrogens (tertiary/aromatic N) is 4. The lowest BCUT2D eigenvalue weighted by Gasteiger charge is -2.33. The molecule has 0 radical (unpaired) electrons. The molecule has 0 saturated carbocycles. The number of halogens is 1. The first-order valence-electron chi connectivity index (χ1n) is 13.8. The normalized spacial score (nSPS) is 28.2. The number of H-pyrrole nitrogens is 1. The molecular formula is C26H31ClN5O11P. The fourth-order valence-electron chi connectivity index (χ4n) is 4.68. The fourth-order valence-corrected chi connectivity index (χ4v) is 6.28. The number of rotatable bonds is 12. The number of carbonyl (C=O) groups excluding carboxylic acids is 2. The number of ether oxygens (including phenoxy) is 3. The Balaban J connectivity index is 1.73. The average Bonchev–Trinajstić information content (AvgIpc) is 3.24. The number of aromatic nitrogens is 2. The summed E-state index contributed by atoms with van der Waals surface area (Å²) in [5, 5.41) is 4.14. The van der Waals surface area contributed by atoms with Crippen molar-refractivity contribution in [1.29, 1.82) is 0 Å². The van der Waals surface area contributed by atoms with Crippen molar-refractivity contribution in [2.75, 3.05) is 13.2 Å². The van der Waals surface area contributed by atoms with E-state index in [9.17, 15) is 29.3 Å². The summed E-state index contributed by atoms with van der Waals surface area (Å²) < 4.78 is 48.5. The minimum absolute atomic E-state index is 0.0363. The van der Waals surface area contributed by atoms with Gasteiger partial charge in [-0.2, -0.15) is 0 Å². The summed E-state index contributed by atoms with van der Waals surface area (Å²) in [7, 11) is -4.38. The molecule has 0 aliphatic carbocycles. The van der Waals surface area contributed by atoms with Crippen molar-refractivity contribution >= 4 is 31.4 Å². The highest BCUT2D eigenvalue weighted by Gasteiger charge is 2.61. The Morgan fingerprint density at radius 1 is 1.20 bits per heavy atom. The molecule has 1 N–H and O–H groups in total. The van der Waals surface area contributed by atoms with Crippen molar-refractivity contribution in [3.63, 3.8) is 0 Å². The van der Waals surface area contributed by atoms with Crippen molar-refractivity contribution < 1.29 is 41.9 Å². The molecule has 0 amide bonds. The molecule has 4 rings (SSSR count). The van der Waals surface area contributed by atoms with E-state index in [0.717, 1.165) is 16.8 Å². The molecule has 2 fully saturated rings. The first-order chi connectivity index (χ1) is 21.0. The summed E-state index contributed by atoms with van der Waals surface area (Å²) in [6, 6.07) is 7.72. The Morgan fingerprint density at radius 3 is 2.59 bits per heavy atom. The quantitative estimate of drug-likeness (QED) is 0.111. The molecule has 3 heterocycles. The summed E-state index contributed by atoms with van der Waals surface area (Å²) in [6.45, 7) is 2.52. The van der Waals surface area contributed by atoms with Gasteiger partial charge in [0.15, 0.2) is 18.4 Å². The van der Waals surface area contributed by atoms with Crippen LogP contribution in [0.3, 0.4) is 0 Å². The third kappa shape index (κ3) is 7.77. The molecule has 6 atom stereocenters. The zero-order chi connectivity index (χ0) is 31.9. The second-order valence-electron chi connectivity index (χ2n) is 9.92. The van der Waals surface area contributed by atoms with Gasteiger partial charge in [0, 0.05) is 41.5 Å². The van der Waals surface area contributed by atoms with Crippen molar-refractivity contribution in [1.82, 2.24) is 9.55 Å². The fraction of sp³-hybridized carbons (Fsp3) is 0.538. The molecule has 238 valence electrons. The number of azide groups is 1. The van der Waals surface area contributed by atoms with E-state index in [1.165, 1.54) is 0 Å². The molecule has 1 aromatic heterocycles. The van der Waals surface area contributed by atoms with Gasteiger partial charge in [-0.1, -0.05) is 42.7 Å². The van der Waals surface area contributed by atoms with Gasteiger partial charge in [-0.15, -0.1) is 0 Å². The highest BCUT2D eigenvalue weighted by Crippen LogP contribution is 2.58. The van der Waals surface area contributed by atoms with E-state index in [0.29, 0.717) is 29.8 Å². The van der Waals surface area contributed by atoms with E-state index in [1.54, 1.807) is 38.1 Å². The summed E-state index contributed by atoms with van der Waals surface area (Å²) in [5.41, 5.74) is 6.14. The van der Waals surface area contributed by atoms with Crippen LogP contribution in [0.2, 0.25) is 5.02 Å². The van der Waals surface area contributed by atoms with Crippen LogP contribution < -0.4 is 11.2 Å². The van der Waals surface area contributed by atoms with Gasteiger partial charge in [-0.05, 0) is 36.1 Å². The van der Waals surface area contributed by atoms with Gasteiger partial charge >= 0.3 is 25.5 Å². The number of esters is 2. The third-order valence-corrected chi connectivity index (χ3v) is 8.35. The highest BCUT2D eigenvalue weighted by molar-refractivity contribution is 7.48. The van der Waals surface area contributed by atoms with Crippen LogP contribution in [0.5, 0.6) is 0 Å². The van der Waals surface area contributed by atoms with E-state index in [4.69, 9.17) is 39.4 Å². The van der Waals surface area contributed by atoms with Gasteiger partial charge in [0.05, 0.1) is 19.3 Å². The summed E-state index contributed by atoms with van der Waals surface area (Å²) in [4.78, 5) is 54.9. The second kappa shape index (κ2) is 14.5. The number of carbonyl (C=O) groups is 2. The Kier molecular flexibility index (Phi) is 11.0. The van der Waals surface area contributed by atoms with Gasteiger partial charge in [-0.25, -0.2) is 9.36 Å². The van der Waals surface area contributed by atoms with E-state index < -0.39 is 67.9 Å². The van der Waals surface area contributed by atoms with Crippen LogP contribution in [0.25, 0.3) is 10.4 Å². The second-order valence-corrected chi connectivity index (χ2v) is 12.0.